The maximum atomic E-state index is 13.5. The Hall–Kier alpha value is -2.91. The van der Waals surface area contributed by atoms with Crippen LogP contribution in [0.2, 0.25) is 5.02 Å². The summed E-state index contributed by atoms with van der Waals surface area (Å²) in [6.45, 7) is 1.61. The third-order valence-electron chi connectivity index (χ3n) is 6.83. The van der Waals surface area contributed by atoms with E-state index in [9.17, 15) is 22.8 Å². The van der Waals surface area contributed by atoms with Gasteiger partial charge in [0, 0.05) is 30.6 Å². The van der Waals surface area contributed by atoms with E-state index in [1.807, 2.05) is 6.92 Å². The molecule has 1 atom stereocenters. The van der Waals surface area contributed by atoms with E-state index in [1.54, 1.807) is 36.4 Å². The molecule has 2 aliphatic rings. The van der Waals surface area contributed by atoms with Gasteiger partial charge in [-0.15, -0.1) is 0 Å². The van der Waals surface area contributed by atoms with Crippen molar-refractivity contribution in [2.75, 3.05) is 6.54 Å². The molecule has 1 aliphatic heterocycles. The quantitative estimate of drug-likeness (QED) is 0.531. The first-order valence-electron chi connectivity index (χ1n) is 12.2. The number of hydrogen-bond donors (Lipinski definition) is 1. The van der Waals surface area contributed by atoms with Crippen molar-refractivity contribution in [2.45, 2.75) is 69.0 Å². The van der Waals surface area contributed by atoms with Gasteiger partial charge in [-0.1, -0.05) is 61.7 Å². The van der Waals surface area contributed by atoms with Crippen molar-refractivity contribution in [1.29, 1.82) is 0 Å². The van der Waals surface area contributed by atoms with Crippen LogP contribution < -0.4 is 5.32 Å². The molecule has 0 radical (unpaired) electrons. The number of benzene rings is 2. The lowest BCUT2D eigenvalue weighted by atomic mass is 10.1. The number of hydrogen-bond acceptors (Lipinski definition) is 5. The van der Waals surface area contributed by atoms with Gasteiger partial charge in [-0.3, -0.25) is 14.4 Å². The van der Waals surface area contributed by atoms with Crippen molar-refractivity contribution in [3.63, 3.8) is 0 Å². The molecule has 4 rings (SSSR count). The average Bonchev–Trinajstić information content (AvgIpc) is 3.43. The first kappa shape index (κ1) is 26.2. The summed E-state index contributed by atoms with van der Waals surface area (Å²) in [6.07, 6.45) is 4.07. The second-order valence-electron chi connectivity index (χ2n) is 9.16. The van der Waals surface area contributed by atoms with Gasteiger partial charge in [-0.25, -0.2) is 12.7 Å². The minimum absolute atomic E-state index is 0.0576. The van der Waals surface area contributed by atoms with E-state index in [0.29, 0.717) is 17.0 Å². The number of sulfonamides is 1. The van der Waals surface area contributed by atoms with E-state index >= 15 is 0 Å². The molecule has 36 heavy (non-hydrogen) atoms. The molecule has 8 nitrogen and oxygen atoms in total. The van der Waals surface area contributed by atoms with Gasteiger partial charge in [0.1, 0.15) is 10.9 Å². The number of nitrogens with one attached hydrogen (secondary N) is 1. The summed E-state index contributed by atoms with van der Waals surface area (Å²) in [4.78, 5) is 40.9. The molecular weight excluding hydrogens is 502 g/mol. The lowest BCUT2D eigenvalue weighted by molar-refractivity contribution is -0.141. The van der Waals surface area contributed by atoms with Crippen molar-refractivity contribution in [2.24, 2.45) is 0 Å². The summed E-state index contributed by atoms with van der Waals surface area (Å²) in [5, 5.41) is 3.54. The van der Waals surface area contributed by atoms with E-state index in [1.165, 1.54) is 17.0 Å². The van der Waals surface area contributed by atoms with Gasteiger partial charge < -0.3 is 10.2 Å². The monoisotopic (exact) mass is 531 g/mol. The molecule has 1 saturated carbocycles. The molecule has 0 aromatic heterocycles. The van der Waals surface area contributed by atoms with Gasteiger partial charge in [0.2, 0.25) is 11.8 Å². The summed E-state index contributed by atoms with van der Waals surface area (Å²) in [5.74, 6) is -1.31. The minimum Gasteiger partial charge on any atom is -0.352 e. The largest absolute Gasteiger partial charge is 0.352 e. The lowest BCUT2D eigenvalue weighted by Crippen LogP contribution is -2.51. The molecule has 1 fully saturated rings. The highest BCUT2D eigenvalue weighted by molar-refractivity contribution is 7.90. The van der Waals surface area contributed by atoms with Crippen molar-refractivity contribution >= 4 is 39.3 Å². The van der Waals surface area contributed by atoms with E-state index in [0.717, 1.165) is 30.0 Å². The molecule has 1 N–H and O–H groups in total. The van der Waals surface area contributed by atoms with Crippen LogP contribution in [0, 0.1) is 0 Å². The van der Waals surface area contributed by atoms with Gasteiger partial charge in [-0.2, -0.15) is 0 Å². The molecular formula is C26H30ClN3O5S. The Bertz CT molecular complexity index is 1260. The summed E-state index contributed by atoms with van der Waals surface area (Å²) in [6, 6.07) is 12.4. The van der Waals surface area contributed by atoms with Gasteiger partial charge in [0.05, 0.1) is 5.56 Å². The van der Waals surface area contributed by atoms with Crippen LogP contribution in [0.25, 0.3) is 0 Å². The zero-order chi connectivity index (χ0) is 25.9. The third kappa shape index (κ3) is 5.27. The van der Waals surface area contributed by atoms with E-state index in [2.05, 4.69) is 5.32 Å². The molecule has 10 heteroatoms. The Morgan fingerprint density at radius 2 is 1.78 bits per heavy atom. The van der Waals surface area contributed by atoms with Gasteiger partial charge in [0.15, 0.2) is 0 Å². The predicted octanol–water partition coefficient (Wildman–Crippen LogP) is 3.74. The summed E-state index contributed by atoms with van der Waals surface area (Å²) in [7, 11) is -4.03. The molecule has 2 aromatic carbocycles. The lowest BCUT2D eigenvalue weighted by Gasteiger charge is -2.32. The van der Waals surface area contributed by atoms with E-state index < -0.39 is 27.9 Å². The Labute approximate surface area is 216 Å². The molecule has 1 aliphatic carbocycles. The number of rotatable bonds is 9. The maximum absolute atomic E-state index is 13.5. The zero-order valence-electron chi connectivity index (χ0n) is 20.2. The molecule has 3 amide bonds. The first-order valence-corrected chi connectivity index (χ1v) is 14.0. The predicted molar refractivity (Wildman–Crippen MR) is 136 cm³/mol. The van der Waals surface area contributed by atoms with Gasteiger partial charge >= 0.3 is 0 Å². The first-order chi connectivity index (χ1) is 17.2. The summed E-state index contributed by atoms with van der Waals surface area (Å²) in [5.41, 5.74) is 0.775. The highest BCUT2D eigenvalue weighted by atomic mass is 35.5. The maximum Gasteiger partial charge on any atom is 0.269 e. The van der Waals surface area contributed by atoms with Gasteiger partial charge in [-0.05, 0) is 43.0 Å². The second-order valence-corrected chi connectivity index (χ2v) is 11.4. The van der Waals surface area contributed by atoms with Crippen LogP contribution in [0.1, 0.15) is 61.4 Å². The fraction of sp³-hybridized carbons (Fsp3) is 0.423. The van der Waals surface area contributed by atoms with Crippen LogP contribution >= 0.6 is 11.6 Å². The fourth-order valence-electron chi connectivity index (χ4n) is 4.89. The second kappa shape index (κ2) is 11.0. The van der Waals surface area contributed by atoms with Crippen molar-refractivity contribution in [3.05, 3.63) is 64.7 Å². The molecule has 2 aromatic rings. The SMILES string of the molecule is CC[C@H](C(=O)NC1CCCC1)N(Cc1ccccc1Cl)C(=O)CCN1C(=O)c2ccccc2S1(=O)=O. The van der Waals surface area contributed by atoms with Crippen LogP contribution in [-0.4, -0.2) is 54.0 Å². The number of nitrogens with zero attached hydrogens (tertiary/aromatic N) is 2. The molecule has 0 bridgehead atoms. The third-order valence-corrected chi connectivity index (χ3v) is 9.04. The smallest absolute Gasteiger partial charge is 0.269 e. The van der Waals surface area contributed by atoms with E-state index in [4.69, 9.17) is 11.6 Å². The molecule has 1 heterocycles. The van der Waals surface area contributed by atoms with Gasteiger partial charge in [0.25, 0.3) is 15.9 Å². The van der Waals surface area contributed by atoms with E-state index in [-0.39, 0.29) is 41.9 Å². The van der Waals surface area contributed by atoms with Crippen LogP contribution in [0.4, 0.5) is 0 Å². The fourth-order valence-corrected chi connectivity index (χ4v) is 6.66. The van der Waals surface area contributed by atoms with Crippen molar-refractivity contribution in [3.8, 4) is 0 Å². The topological polar surface area (TPSA) is 104 Å². The number of amides is 3. The molecule has 0 saturated heterocycles. The standard InChI is InChI=1S/C26H30ClN3O5S/c1-2-22(25(32)28-19-10-4-5-11-19)29(17-18-9-3-7-13-21(18)27)24(31)15-16-30-26(33)20-12-6-8-14-23(20)36(30,34)35/h3,6-9,12-14,19,22H,2,4-5,10-11,15-17H2,1H3,(H,28,32)/t22-/m1/s1. The Balaban J connectivity index is 1.54. The average molecular weight is 532 g/mol. The summed E-state index contributed by atoms with van der Waals surface area (Å²) >= 11 is 6.36. The highest BCUT2D eigenvalue weighted by Gasteiger charge is 2.41. The minimum atomic E-state index is -4.03. The molecule has 0 spiro atoms. The Kier molecular flexibility index (Phi) is 8.00. The van der Waals surface area contributed by atoms with Crippen LogP contribution in [0.15, 0.2) is 53.4 Å². The Morgan fingerprint density at radius 1 is 1.11 bits per heavy atom. The van der Waals surface area contributed by atoms with Crippen LogP contribution in [-0.2, 0) is 26.2 Å². The van der Waals surface area contributed by atoms with Crippen LogP contribution in [0.3, 0.4) is 0 Å². The number of fused-ring (bicyclic) bond motifs is 1. The van der Waals surface area contributed by atoms with Crippen molar-refractivity contribution < 1.29 is 22.8 Å². The normalized spacial score (nSPS) is 17.6. The zero-order valence-corrected chi connectivity index (χ0v) is 21.7. The number of carbonyl (C=O) groups is 3. The summed E-state index contributed by atoms with van der Waals surface area (Å²) < 4.78 is 26.5. The number of carbonyl (C=O) groups excluding carboxylic acids is 3. The molecule has 192 valence electrons. The Morgan fingerprint density at radius 3 is 2.44 bits per heavy atom. The van der Waals surface area contributed by atoms with Crippen LogP contribution in [0.5, 0.6) is 0 Å². The number of halogens is 1. The van der Waals surface area contributed by atoms with Crippen molar-refractivity contribution in [1.82, 2.24) is 14.5 Å². The highest BCUT2D eigenvalue weighted by Crippen LogP contribution is 2.30. The molecule has 0 unspecified atom stereocenters.